The number of hydrogen-bond acceptors (Lipinski definition) is 6. The van der Waals surface area contributed by atoms with Crippen molar-refractivity contribution < 1.29 is 19.1 Å². The fourth-order valence-electron chi connectivity index (χ4n) is 3.42. The molecular formula is C22H16Br2N2O4. The number of carbonyl (C=O) groups is 1. The molecule has 2 aromatic rings. The second-order valence-corrected chi connectivity index (χ2v) is 8.13. The Bertz CT molecular complexity index is 1350. The molecule has 8 heteroatoms. The first-order chi connectivity index (χ1) is 14.3. The summed E-state index contributed by atoms with van der Waals surface area (Å²) in [7, 11) is 0. The number of aromatic hydroxyl groups is 1. The number of fused-ring (bicyclic) bond motifs is 2. The van der Waals surface area contributed by atoms with Gasteiger partial charge in [0.25, 0.3) is 0 Å². The van der Waals surface area contributed by atoms with E-state index in [4.69, 9.17) is 20.3 Å². The number of carbonyl (C=O) groups excluding carboxylic acids is 1. The quantitative estimate of drug-likeness (QED) is 0.179. The zero-order valence-electron chi connectivity index (χ0n) is 15.8. The van der Waals surface area contributed by atoms with Crippen LogP contribution in [-0.2, 0) is 4.74 Å². The summed E-state index contributed by atoms with van der Waals surface area (Å²) in [4.78, 5) is 12.7. The van der Waals surface area contributed by atoms with Crippen molar-refractivity contribution in [1.29, 1.82) is 5.41 Å². The highest BCUT2D eigenvalue weighted by molar-refractivity contribution is 9.11. The second-order valence-electron chi connectivity index (χ2n) is 6.55. The summed E-state index contributed by atoms with van der Waals surface area (Å²) in [6, 6.07) is 11.8. The summed E-state index contributed by atoms with van der Waals surface area (Å²) in [6.07, 6.45) is 0. The number of ether oxygens (including phenoxy) is 1. The summed E-state index contributed by atoms with van der Waals surface area (Å²) in [6.45, 7) is 1.88. The number of phenolic OH excluding ortho intramolecular Hbond substituents is 1. The molecule has 1 aliphatic carbocycles. The first-order valence-corrected chi connectivity index (χ1v) is 10.6. The molecule has 0 amide bonds. The molecule has 2 aliphatic rings. The topological polar surface area (TPSA) is 110 Å². The van der Waals surface area contributed by atoms with E-state index >= 15 is 0 Å². The smallest absolute Gasteiger partial charge is 0.342 e. The minimum atomic E-state index is -0.627. The maximum absolute atomic E-state index is 12.7. The van der Waals surface area contributed by atoms with Crippen LogP contribution >= 0.6 is 31.9 Å². The van der Waals surface area contributed by atoms with E-state index in [1.54, 1.807) is 43.3 Å². The SMILES string of the molecule is CCOC(=O)c1c(O)cccc1-c1c2ccc(=N)c(Br)c-2oc2c(Br)c(N)ccc12. The lowest BCUT2D eigenvalue weighted by Crippen LogP contribution is -2.09. The monoisotopic (exact) mass is 530 g/mol. The predicted octanol–water partition coefficient (Wildman–Crippen LogP) is 5.67. The minimum absolute atomic E-state index is 0.0622. The summed E-state index contributed by atoms with van der Waals surface area (Å²) >= 11 is 6.92. The van der Waals surface area contributed by atoms with Crippen molar-refractivity contribution >= 4 is 54.5 Å². The third-order valence-corrected chi connectivity index (χ3v) is 6.36. The Morgan fingerprint density at radius 1 is 1.13 bits per heavy atom. The molecule has 4 N–H and O–H groups in total. The fraction of sp³-hybridized carbons (Fsp3) is 0.0909. The molecular weight excluding hydrogens is 516 g/mol. The molecule has 152 valence electrons. The third kappa shape index (κ3) is 3.16. The lowest BCUT2D eigenvalue weighted by Gasteiger charge is -2.19. The molecule has 0 bridgehead atoms. The number of phenols is 1. The Kier molecular flexibility index (Phi) is 5.29. The molecule has 1 aliphatic heterocycles. The van der Waals surface area contributed by atoms with Crippen LogP contribution < -0.4 is 11.1 Å². The highest BCUT2D eigenvalue weighted by Crippen LogP contribution is 2.46. The van der Waals surface area contributed by atoms with Crippen molar-refractivity contribution in [2.75, 3.05) is 12.3 Å². The average molecular weight is 532 g/mol. The Balaban J connectivity index is 2.23. The number of anilines is 1. The maximum atomic E-state index is 12.7. The molecule has 0 atom stereocenters. The van der Waals surface area contributed by atoms with Crippen molar-refractivity contribution in [3.8, 4) is 28.2 Å². The van der Waals surface area contributed by atoms with E-state index in [2.05, 4.69) is 31.9 Å². The molecule has 0 saturated carbocycles. The lowest BCUT2D eigenvalue weighted by atomic mass is 9.90. The van der Waals surface area contributed by atoms with Crippen molar-refractivity contribution in [3.63, 3.8) is 0 Å². The van der Waals surface area contributed by atoms with Crippen LogP contribution in [0.5, 0.6) is 5.75 Å². The van der Waals surface area contributed by atoms with Gasteiger partial charge in [-0.25, -0.2) is 4.79 Å². The van der Waals surface area contributed by atoms with Crippen molar-refractivity contribution in [2.24, 2.45) is 0 Å². The summed E-state index contributed by atoms with van der Waals surface area (Å²) in [5.41, 5.74) is 8.87. The number of nitrogens with one attached hydrogen (secondary N) is 1. The van der Waals surface area contributed by atoms with Gasteiger partial charge in [-0.1, -0.05) is 12.1 Å². The van der Waals surface area contributed by atoms with Gasteiger partial charge in [-0.15, -0.1) is 0 Å². The first kappa shape index (κ1) is 20.4. The number of hydrogen-bond donors (Lipinski definition) is 3. The van der Waals surface area contributed by atoms with Crippen LogP contribution in [0.25, 0.3) is 33.4 Å². The molecule has 30 heavy (non-hydrogen) atoms. The van der Waals surface area contributed by atoms with Crippen LogP contribution in [0.2, 0.25) is 0 Å². The number of nitrogen functional groups attached to an aromatic ring is 1. The van der Waals surface area contributed by atoms with Gasteiger partial charge in [0.1, 0.15) is 11.3 Å². The fourth-order valence-corrected chi connectivity index (χ4v) is 4.28. The summed E-state index contributed by atoms with van der Waals surface area (Å²) in [5.74, 6) is -0.383. The van der Waals surface area contributed by atoms with Crippen LogP contribution in [0.3, 0.4) is 0 Å². The van der Waals surface area contributed by atoms with Gasteiger partial charge >= 0.3 is 5.97 Å². The predicted molar refractivity (Wildman–Crippen MR) is 122 cm³/mol. The Morgan fingerprint density at radius 3 is 2.63 bits per heavy atom. The molecule has 0 fully saturated rings. The molecule has 0 saturated heterocycles. The molecule has 2 aromatic carbocycles. The largest absolute Gasteiger partial charge is 0.507 e. The maximum Gasteiger partial charge on any atom is 0.342 e. The molecule has 0 spiro atoms. The zero-order chi connectivity index (χ0) is 21.6. The first-order valence-electron chi connectivity index (χ1n) is 9.02. The highest BCUT2D eigenvalue weighted by Gasteiger charge is 2.26. The van der Waals surface area contributed by atoms with E-state index in [0.29, 0.717) is 48.1 Å². The van der Waals surface area contributed by atoms with E-state index in [-0.39, 0.29) is 23.3 Å². The van der Waals surface area contributed by atoms with Crippen LogP contribution in [0.1, 0.15) is 17.3 Å². The number of halogens is 2. The molecule has 0 unspecified atom stereocenters. The second kappa shape index (κ2) is 7.77. The third-order valence-electron chi connectivity index (χ3n) is 4.76. The van der Waals surface area contributed by atoms with Gasteiger partial charge in [0.15, 0.2) is 11.3 Å². The van der Waals surface area contributed by atoms with Gasteiger partial charge in [0.05, 0.1) is 20.9 Å². The zero-order valence-corrected chi connectivity index (χ0v) is 18.9. The number of nitrogens with two attached hydrogens (primary N) is 1. The van der Waals surface area contributed by atoms with Crippen molar-refractivity contribution in [1.82, 2.24) is 0 Å². The Morgan fingerprint density at radius 2 is 1.90 bits per heavy atom. The highest BCUT2D eigenvalue weighted by atomic mass is 79.9. The van der Waals surface area contributed by atoms with Gasteiger partial charge < -0.3 is 20.0 Å². The van der Waals surface area contributed by atoms with E-state index in [1.807, 2.05) is 0 Å². The summed E-state index contributed by atoms with van der Waals surface area (Å²) in [5, 5.41) is 19.6. The molecule has 0 aromatic heterocycles. The van der Waals surface area contributed by atoms with Crippen LogP contribution in [0.15, 0.2) is 55.8 Å². The van der Waals surface area contributed by atoms with Crippen molar-refractivity contribution in [3.05, 3.63) is 62.3 Å². The number of benzene rings is 3. The van der Waals surface area contributed by atoms with Crippen LogP contribution in [-0.4, -0.2) is 17.7 Å². The van der Waals surface area contributed by atoms with Gasteiger partial charge in [-0.2, -0.15) is 0 Å². The summed E-state index contributed by atoms with van der Waals surface area (Å²) < 4.78 is 12.4. The van der Waals surface area contributed by atoms with Crippen molar-refractivity contribution in [2.45, 2.75) is 6.92 Å². The van der Waals surface area contributed by atoms with E-state index < -0.39 is 5.97 Å². The standard InChI is InChI=1S/C22H16Br2N2O4/c1-2-29-22(28)17-10(4-3-5-15(17)27)16-11-6-8-13(25)18(23)20(11)30-21-12(16)7-9-14(26)19(21)24/h3-9,25,27H,2,26H2,1H3. The Hall–Kier alpha value is -2.84. The van der Waals surface area contributed by atoms with Gasteiger partial charge in [0.2, 0.25) is 0 Å². The minimum Gasteiger partial charge on any atom is -0.507 e. The van der Waals surface area contributed by atoms with Crippen LogP contribution in [0, 0.1) is 5.41 Å². The van der Waals surface area contributed by atoms with E-state index in [1.165, 1.54) is 6.07 Å². The number of esters is 1. The molecule has 1 heterocycles. The van der Waals surface area contributed by atoms with Crippen LogP contribution in [0.4, 0.5) is 5.69 Å². The lowest BCUT2D eigenvalue weighted by molar-refractivity contribution is 0.0524. The molecule has 4 rings (SSSR count). The van der Waals surface area contributed by atoms with E-state index in [0.717, 1.165) is 0 Å². The van der Waals surface area contributed by atoms with Gasteiger partial charge in [-0.05, 0) is 69.1 Å². The van der Waals surface area contributed by atoms with E-state index in [9.17, 15) is 9.90 Å². The number of rotatable bonds is 3. The molecule has 6 nitrogen and oxygen atoms in total. The van der Waals surface area contributed by atoms with Gasteiger partial charge in [0, 0.05) is 27.8 Å². The molecule has 0 radical (unpaired) electrons. The Labute approximate surface area is 188 Å². The van der Waals surface area contributed by atoms with Gasteiger partial charge in [-0.3, -0.25) is 5.41 Å². The average Bonchev–Trinajstić information content (AvgIpc) is 2.72. The normalized spacial score (nSPS) is 11.2.